The van der Waals surface area contributed by atoms with Crippen molar-refractivity contribution in [3.63, 3.8) is 0 Å². The zero-order valence-electron chi connectivity index (χ0n) is 13.9. The van der Waals surface area contributed by atoms with Crippen LogP contribution in [-0.4, -0.2) is 36.6 Å². The van der Waals surface area contributed by atoms with E-state index in [2.05, 4.69) is 10.5 Å². The summed E-state index contributed by atoms with van der Waals surface area (Å²) in [7, 11) is 3.80. The van der Waals surface area contributed by atoms with Crippen molar-refractivity contribution in [3.05, 3.63) is 52.7 Å². The largest absolute Gasteiger partial charge is 0.361 e. The number of nitrogens with one attached hydrogen (secondary N) is 1. The Kier molecular flexibility index (Phi) is 5.50. The predicted molar refractivity (Wildman–Crippen MR) is 85.5 cm³/mol. The first-order valence-corrected chi connectivity index (χ1v) is 7.48. The van der Waals surface area contributed by atoms with E-state index in [-0.39, 0.29) is 24.2 Å². The van der Waals surface area contributed by atoms with E-state index in [1.54, 1.807) is 13.0 Å². The summed E-state index contributed by atoms with van der Waals surface area (Å²) >= 11 is 0. The lowest BCUT2D eigenvalue weighted by Crippen LogP contribution is -2.35. The van der Waals surface area contributed by atoms with Crippen molar-refractivity contribution in [1.29, 1.82) is 0 Å². The summed E-state index contributed by atoms with van der Waals surface area (Å²) in [4.78, 5) is 14.1. The number of nitrogens with zero attached hydrogens (tertiary/aromatic N) is 2. The minimum atomic E-state index is -0.281. The summed E-state index contributed by atoms with van der Waals surface area (Å²) in [6.45, 7) is 4.01. The molecule has 0 aliphatic carbocycles. The van der Waals surface area contributed by atoms with Crippen molar-refractivity contribution in [2.45, 2.75) is 26.3 Å². The maximum Gasteiger partial charge on any atom is 0.224 e. The summed E-state index contributed by atoms with van der Waals surface area (Å²) in [6, 6.07) is 6.33. The molecule has 2 aromatic rings. The third-order valence-electron chi connectivity index (χ3n) is 3.87. The third kappa shape index (κ3) is 4.39. The van der Waals surface area contributed by atoms with Crippen molar-refractivity contribution in [1.82, 2.24) is 15.4 Å². The molecule has 23 heavy (non-hydrogen) atoms. The number of aromatic nitrogens is 1. The molecule has 0 radical (unpaired) electrons. The number of likely N-dealkylation sites (N-methyl/N-ethyl adjacent to an activating group) is 1. The zero-order chi connectivity index (χ0) is 17.0. The van der Waals surface area contributed by atoms with Gasteiger partial charge in [-0.15, -0.1) is 0 Å². The lowest BCUT2D eigenvalue weighted by Gasteiger charge is -2.25. The minimum absolute atomic E-state index is 0.0979. The summed E-state index contributed by atoms with van der Waals surface area (Å²) < 4.78 is 18.5. The topological polar surface area (TPSA) is 58.4 Å². The summed E-state index contributed by atoms with van der Waals surface area (Å²) in [6.07, 6.45) is 0.227. The highest BCUT2D eigenvalue weighted by Gasteiger charge is 2.18. The highest BCUT2D eigenvalue weighted by molar-refractivity contribution is 5.79. The van der Waals surface area contributed by atoms with Crippen molar-refractivity contribution >= 4 is 5.91 Å². The van der Waals surface area contributed by atoms with Crippen LogP contribution in [0.15, 0.2) is 28.8 Å². The molecule has 0 spiro atoms. The van der Waals surface area contributed by atoms with E-state index in [0.29, 0.717) is 12.3 Å². The Labute approximate surface area is 135 Å². The highest BCUT2D eigenvalue weighted by Crippen LogP contribution is 2.18. The van der Waals surface area contributed by atoms with Crippen molar-refractivity contribution < 1.29 is 13.7 Å². The van der Waals surface area contributed by atoms with E-state index in [4.69, 9.17) is 4.52 Å². The molecular weight excluding hydrogens is 297 g/mol. The lowest BCUT2D eigenvalue weighted by molar-refractivity contribution is -0.120. The molecule has 0 bridgehead atoms. The maximum atomic E-state index is 13.4. The van der Waals surface area contributed by atoms with Gasteiger partial charge in [-0.2, -0.15) is 0 Å². The van der Waals surface area contributed by atoms with Crippen LogP contribution in [0.2, 0.25) is 0 Å². The number of carbonyl (C=O) groups is 1. The summed E-state index contributed by atoms with van der Waals surface area (Å²) in [5, 5.41) is 6.75. The fourth-order valence-corrected chi connectivity index (χ4v) is 2.50. The Morgan fingerprint density at radius 1 is 1.39 bits per heavy atom. The van der Waals surface area contributed by atoms with Gasteiger partial charge in [0.25, 0.3) is 0 Å². The monoisotopic (exact) mass is 319 g/mol. The Balaban J connectivity index is 2.00. The Morgan fingerprint density at radius 3 is 2.70 bits per heavy atom. The number of halogens is 1. The minimum Gasteiger partial charge on any atom is -0.361 e. The molecule has 0 saturated heterocycles. The maximum absolute atomic E-state index is 13.4. The first-order chi connectivity index (χ1) is 10.9. The van der Waals surface area contributed by atoms with Crippen LogP contribution in [0.5, 0.6) is 0 Å². The molecule has 1 unspecified atom stereocenters. The van der Waals surface area contributed by atoms with Crippen LogP contribution in [0.3, 0.4) is 0 Å². The van der Waals surface area contributed by atoms with Crippen LogP contribution >= 0.6 is 0 Å². The van der Waals surface area contributed by atoms with Crippen LogP contribution in [0, 0.1) is 19.7 Å². The van der Waals surface area contributed by atoms with Crippen LogP contribution in [-0.2, 0) is 11.2 Å². The fraction of sp³-hybridized carbons (Fsp3) is 0.412. The first-order valence-electron chi connectivity index (χ1n) is 7.48. The van der Waals surface area contributed by atoms with Crippen LogP contribution < -0.4 is 5.32 Å². The van der Waals surface area contributed by atoms with Crippen molar-refractivity contribution in [2.75, 3.05) is 20.6 Å². The molecule has 6 heteroatoms. The number of rotatable bonds is 6. The number of carbonyl (C=O) groups excluding carboxylic acids is 1. The average Bonchev–Trinajstić information content (AvgIpc) is 2.79. The van der Waals surface area contributed by atoms with E-state index in [1.165, 1.54) is 12.1 Å². The van der Waals surface area contributed by atoms with Gasteiger partial charge >= 0.3 is 0 Å². The van der Waals surface area contributed by atoms with Gasteiger partial charge in [-0.1, -0.05) is 17.3 Å². The van der Waals surface area contributed by atoms with Crippen LogP contribution in [0.4, 0.5) is 4.39 Å². The molecule has 1 amide bonds. The fourth-order valence-electron chi connectivity index (χ4n) is 2.50. The Hall–Kier alpha value is -2.21. The van der Waals surface area contributed by atoms with Crippen LogP contribution in [0.25, 0.3) is 0 Å². The van der Waals surface area contributed by atoms with E-state index in [9.17, 15) is 9.18 Å². The number of hydrogen-bond acceptors (Lipinski definition) is 4. The Morgan fingerprint density at radius 2 is 2.13 bits per heavy atom. The second kappa shape index (κ2) is 7.37. The summed E-state index contributed by atoms with van der Waals surface area (Å²) in [5.41, 5.74) is 2.37. The van der Waals surface area contributed by atoms with Crippen LogP contribution in [0.1, 0.15) is 28.6 Å². The normalized spacial score (nSPS) is 12.4. The number of amides is 1. The van der Waals surface area contributed by atoms with E-state index >= 15 is 0 Å². The Bertz CT molecular complexity index is 663. The standard InChI is InChI=1S/C17H22FN3O2/c1-11-15(12(2)23-20-11)9-17(22)19-10-16(21(3)4)13-6-5-7-14(18)8-13/h5-8,16H,9-10H2,1-4H3,(H,19,22). The molecule has 0 fully saturated rings. The van der Waals surface area contributed by atoms with Crippen molar-refractivity contribution in [3.8, 4) is 0 Å². The third-order valence-corrected chi connectivity index (χ3v) is 3.87. The van der Waals surface area contributed by atoms with Gasteiger partial charge in [0.15, 0.2) is 0 Å². The molecule has 1 aromatic carbocycles. The van der Waals surface area contributed by atoms with Gasteiger partial charge in [-0.05, 0) is 45.6 Å². The van der Waals surface area contributed by atoms with Gasteiger partial charge in [-0.3, -0.25) is 4.79 Å². The second-order valence-corrected chi connectivity index (χ2v) is 5.82. The predicted octanol–water partition coefficient (Wildman–Crippen LogP) is 2.39. The van der Waals surface area contributed by atoms with Gasteiger partial charge in [0.05, 0.1) is 18.2 Å². The van der Waals surface area contributed by atoms with E-state index in [1.807, 2.05) is 32.0 Å². The molecule has 1 aromatic heterocycles. The van der Waals surface area contributed by atoms with Crippen molar-refractivity contribution in [2.24, 2.45) is 0 Å². The molecular formula is C17H22FN3O2. The molecule has 1 N–H and O–H groups in total. The SMILES string of the molecule is Cc1noc(C)c1CC(=O)NCC(c1cccc(F)c1)N(C)C. The number of benzene rings is 1. The van der Waals surface area contributed by atoms with Gasteiger partial charge in [0, 0.05) is 12.1 Å². The summed E-state index contributed by atoms with van der Waals surface area (Å²) in [5.74, 6) is 0.269. The molecule has 5 nitrogen and oxygen atoms in total. The molecule has 0 aliphatic rings. The van der Waals surface area contributed by atoms with Gasteiger partial charge in [0.2, 0.25) is 5.91 Å². The molecule has 2 rings (SSSR count). The number of aryl methyl sites for hydroxylation is 2. The molecule has 1 atom stereocenters. The molecule has 124 valence electrons. The number of hydrogen-bond donors (Lipinski definition) is 1. The van der Waals surface area contributed by atoms with Gasteiger partial charge in [-0.25, -0.2) is 4.39 Å². The second-order valence-electron chi connectivity index (χ2n) is 5.82. The molecule has 0 saturated carbocycles. The molecule has 0 aliphatic heterocycles. The average molecular weight is 319 g/mol. The van der Waals surface area contributed by atoms with E-state index in [0.717, 1.165) is 16.8 Å². The molecule has 1 heterocycles. The van der Waals surface area contributed by atoms with Gasteiger partial charge < -0.3 is 14.7 Å². The lowest BCUT2D eigenvalue weighted by atomic mass is 10.1. The van der Waals surface area contributed by atoms with Gasteiger partial charge in [0.1, 0.15) is 11.6 Å². The van der Waals surface area contributed by atoms with E-state index < -0.39 is 0 Å². The quantitative estimate of drug-likeness (QED) is 0.888. The first kappa shape index (κ1) is 17.1. The smallest absolute Gasteiger partial charge is 0.224 e. The highest BCUT2D eigenvalue weighted by atomic mass is 19.1. The zero-order valence-corrected chi connectivity index (χ0v) is 13.9.